The monoisotopic (exact) mass is 452 g/mol. The molecule has 2 aromatic heterocycles. The number of aromatic nitrogens is 2. The molecule has 6 nitrogen and oxygen atoms in total. The number of aliphatic hydroxyl groups excluding tert-OH is 1. The molecule has 33 heavy (non-hydrogen) atoms. The Hall–Kier alpha value is -3.65. The van der Waals surface area contributed by atoms with E-state index in [0.717, 1.165) is 29.0 Å². The second kappa shape index (κ2) is 8.04. The molecule has 0 saturated heterocycles. The van der Waals surface area contributed by atoms with Crippen molar-refractivity contribution >= 4 is 10.9 Å². The number of nitrogens with zero attached hydrogens (tertiary/aromatic N) is 2. The second-order valence-corrected chi connectivity index (χ2v) is 7.97. The van der Waals surface area contributed by atoms with Crippen LogP contribution < -0.4 is 14.2 Å². The highest BCUT2D eigenvalue weighted by molar-refractivity contribution is 6.00. The van der Waals surface area contributed by atoms with E-state index >= 15 is 0 Å². The van der Waals surface area contributed by atoms with Crippen LogP contribution in [0.3, 0.4) is 0 Å². The van der Waals surface area contributed by atoms with Gasteiger partial charge in [-0.1, -0.05) is 18.2 Å². The van der Waals surface area contributed by atoms with Gasteiger partial charge in [0.25, 0.3) is 5.92 Å². The van der Waals surface area contributed by atoms with Gasteiger partial charge >= 0.3 is 0 Å². The lowest BCUT2D eigenvalue weighted by Gasteiger charge is -2.14. The Kier molecular flexibility index (Phi) is 5.17. The third-order valence-corrected chi connectivity index (χ3v) is 5.82. The van der Waals surface area contributed by atoms with Crippen LogP contribution in [0.15, 0.2) is 54.7 Å². The molecule has 0 bridgehead atoms. The summed E-state index contributed by atoms with van der Waals surface area (Å²) in [6.45, 7) is 1.04. The van der Waals surface area contributed by atoms with Gasteiger partial charge in [0.1, 0.15) is 0 Å². The van der Waals surface area contributed by atoms with Crippen LogP contribution in [0.25, 0.3) is 22.0 Å². The maximum atomic E-state index is 13.9. The van der Waals surface area contributed by atoms with Crippen LogP contribution in [0.1, 0.15) is 23.7 Å². The number of ether oxygens (including phenoxy) is 3. The minimum atomic E-state index is -2.94. The van der Waals surface area contributed by atoms with E-state index in [4.69, 9.17) is 14.2 Å². The Balaban J connectivity index is 1.71. The van der Waals surface area contributed by atoms with Gasteiger partial charge in [-0.2, -0.15) is 0 Å². The first kappa shape index (κ1) is 21.2. The zero-order chi connectivity index (χ0) is 23.2. The van der Waals surface area contributed by atoms with Crippen LogP contribution in [0.4, 0.5) is 8.78 Å². The first-order valence-corrected chi connectivity index (χ1v) is 10.4. The minimum absolute atomic E-state index is 0.0563. The van der Waals surface area contributed by atoms with Gasteiger partial charge in [0.05, 0.1) is 24.9 Å². The largest absolute Gasteiger partial charge is 0.481 e. The van der Waals surface area contributed by atoms with E-state index in [0.29, 0.717) is 35.2 Å². The molecule has 1 aliphatic heterocycles. The lowest BCUT2D eigenvalue weighted by Crippen LogP contribution is -2.09. The Morgan fingerprint density at radius 2 is 1.91 bits per heavy atom. The molecule has 0 unspecified atom stereocenters. The van der Waals surface area contributed by atoms with Gasteiger partial charge in [-0.05, 0) is 23.8 Å². The number of hydrogen-bond donors (Lipinski definition) is 1. The van der Waals surface area contributed by atoms with Crippen LogP contribution in [0, 0.1) is 0 Å². The molecule has 0 fully saturated rings. The molecule has 0 aliphatic carbocycles. The molecule has 3 heterocycles. The lowest BCUT2D eigenvalue weighted by molar-refractivity contribution is 0.0174. The van der Waals surface area contributed by atoms with Gasteiger partial charge in [0.15, 0.2) is 11.5 Å². The molecule has 1 N–H and O–H groups in total. The van der Waals surface area contributed by atoms with E-state index in [-0.39, 0.29) is 19.0 Å². The summed E-state index contributed by atoms with van der Waals surface area (Å²) in [7, 11) is 1.54. The highest BCUT2D eigenvalue weighted by Gasteiger charge is 2.26. The average molecular weight is 452 g/mol. The van der Waals surface area contributed by atoms with E-state index in [1.54, 1.807) is 31.5 Å². The maximum Gasteiger partial charge on any atom is 0.270 e. The molecule has 4 aromatic rings. The van der Waals surface area contributed by atoms with Gasteiger partial charge in [0, 0.05) is 53.9 Å². The van der Waals surface area contributed by atoms with Crippen molar-refractivity contribution in [1.82, 2.24) is 9.55 Å². The third-order valence-electron chi connectivity index (χ3n) is 5.82. The Morgan fingerprint density at radius 1 is 1.12 bits per heavy atom. The summed E-state index contributed by atoms with van der Waals surface area (Å²) in [4.78, 5) is 4.31. The summed E-state index contributed by atoms with van der Waals surface area (Å²) < 4.78 is 46.1. The zero-order valence-electron chi connectivity index (χ0n) is 18.1. The smallest absolute Gasteiger partial charge is 0.270 e. The predicted octanol–water partition coefficient (Wildman–Crippen LogP) is 5.09. The van der Waals surface area contributed by atoms with E-state index in [1.165, 1.54) is 12.1 Å². The van der Waals surface area contributed by atoms with Gasteiger partial charge in [-0.15, -0.1) is 0 Å². The van der Waals surface area contributed by atoms with Crippen molar-refractivity contribution in [1.29, 1.82) is 0 Å². The molecule has 0 saturated carbocycles. The molecule has 5 rings (SSSR count). The molecular weight excluding hydrogens is 430 g/mol. The summed E-state index contributed by atoms with van der Waals surface area (Å²) in [6.07, 6.45) is 1.68. The quantitative estimate of drug-likeness (QED) is 0.441. The van der Waals surface area contributed by atoms with E-state index in [2.05, 4.69) is 4.98 Å². The Labute approximate surface area is 189 Å². The Morgan fingerprint density at radius 3 is 2.58 bits per heavy atom. The predicted molar refractivity (Wildman–Crippen MR) is 119 cm³/mol. The number of fused-ring (bicyclic) bond motifs is 2. The van der Waals surface area contributed by atoms with Crippen LogP contribution in [-0.4, -0.2) is 28.6 Å². The van der Waals surface area contributed by atoms with E-state index < -0.39 is 5.92 Å². The van der Waals surface area contributed by atoms with E-state index in [1.807, 2.05) is 22.8 Å². The summed E-state index contributed by atoms with van der Waals surface area (Å²) in [5.41, 5.74) is 3.64. The minimum Gasteiger partial charge on any atom is -0.481 e. The molecule has 0 amide bonds. The number of rotatable bonds is 6. The van der Waals surface area contributed by atoms with Crippen LogP contribution >= 0.6 is 0 Å². The first-order chi connectivity index (χ1) is 15.9. The van der Waals surface area contributed by atoms with Crippen molar-refractivity contribution in [3.63, 3.8) is 0 Å². The highest BCUT2D eigenvalue weighted by atomic mass is 19.3. The first-order valence-electron chi connectivity index (χ1n) is 10.4. The van der Waals surface area contributed by atoms with Crippen molar-refractivity contribution in [2.75, 3.05) is 13.9 Å². The number of methoxy groups -OCH3 is 1. The van der Waals surface area contributed by atoms with Crippen molar-refractivity contribution in [3.05, 3.63) is 71.5 Å². The average Bonchev–Trinajstić information content (AvgIpc) is 3.39. The SMILES string of the molecule is COc1ccc(-c2c(CO)n(Cc3cccc(C(C)(F)F)c3)c3cc4c(cc23)OCO4)cn1. The fourth-order valence-electron chi connectivity index (χ4n) is 4.23. The zero-order valence-corrected chi connectivity index (χ0v) is 18.1. The second-order valence-electron chi connectivity index (χ2n) is 7.97. The van der Waals surface area contributed by atoms with E-state index in [9.17, 15) is 13.9 Å². The summed E-state index contributed by atoms with van der Waals surface area (Å²) >= 11 is 0. The molecule has 1 aliphatic rings. The van der Waals surface area contributed by atoms with Gasteiger partial charge in [0.2, 0.25) is 12.7 Å². The Bertz CT molecular complexity index is 1330. The number of alkyl halides is 2. The molecule has 0 atom stereocenters. The van der Waals surface area contributed by atoms with Gasteiger partial charge in [-0.25, -0.2) is 13.8 Å². The maximum absolute atomic E-state index is 13.9. The summed E-state index contributed by atoms with van der Waals surface area (Å²) in [5.74, 6) is -1.26. The molecule has 8 heteroatoms. The van der Waals surface area contributed by atoms with Crippen LogP contribution in [-0.2, 0) is 19.1 Å². The normalized spacial score (nSPS) is 13.0. The fourth-order valence-corrected chi connectivity index (χ4v) is 4.23. The van der Waals surface area contributed by atoms with Crippen molar-refractivity contribution in [3.8, 4) is 28.5 Å². The number of aliphatic hydroxyl groups is 1. The lowest BCUT2D eigenvalue weighted by atomic mass is 10.0. The van der Waals surface area contributed by atoms with Crippen molar-refractivity contribution in [2.45, 2.75) is 26.0 Å². The van der Waals surface area contributed by atoms with Crippen molar-refractivity contribution < 1.29 is 28.1 Å². The molecule has 2 aromatic carbocycles. The topological polar surface area (TPSA) is 65.7 Å². The number of pyridine rings is 1. The van der Waals surface area contributed by atoms with Crippen LogP contribution in [0.5, 0.6) is 17.4 Å². The molecule has 0 spiro atoms. The molecule has 0 radical (unpaired) electrons. The van der Waals surface area contributed by atoms with Gasteiger partial charge in [-0.3, -0.25) is 0 Å². The highest BCUT2D eigenvalue weighted by Crippen LogP contribution is 2.43. The number of hydrogen-bond acceptors (Lipinski definition) is 5. The molecular formula is C25H22F2N2O4. The summed E-state index contributed by atoms with van der Waals surface area (Å²) in [5, 5.41) is 11.2. The number of halogens is 2. The third kappa shape index (κ3) is 3.76. The number of benzene rings is 2. The summed E-state index contributed by atoms with van der Waals surface area (Å²) in [6, 6.07) is 13.7. The van der Waals surface area contributed by atoms with Gasteiger partial charge < -0.3 is 23.9 Å². The molecule has 170 valence electrons. The van der Waals surface area contributed by atoms with Crippen molar-refractivity contribution in [2.24, 2.45) is 0 Å². The fraction of sp³-hybridized carbons (Fsp3) is 0.240. The van der Waals surface area contributed by atoms with Crippen LogP contribution in [0.2, 0.25) is 0 Å². The standard InChI is InChI=1S/C25H22F2N2O4/c1-25(26,27)17-5-3-4-15(8-17)12-29-19-10-22-21(32-14-33-22)9-18(19)24(20(29)13-30)16-6-7-23(31-2)28-11-16/h3-11,30H,12-14H2,1-2H3.